The molecule has 1 amide bonds. The van der Waals surface area contributed by atoms with Gasteiger partial charge in [-0.25, -0.2) is 0 Å². The number of hydrogen-bond acceptors (Lipinski definition) is 2. The molecule has 1 atom stereocenters. The second-order valence-corrected chi connectivity index (χ2v) is 7.98. The normalized spacial score (nSPS) is 16.2. The number of hydrogen-bond donors (Lipinski definition) is 1. The van der Waals surface area contributed by atoms with E-state index in [4.69, 9.17) is 0 Å². The highest BCUT2D eigenvalue weighted by atomic mass is 79.9. The topological polar surface area (TPSA) is 32.3 Å². The Balaban J connectivity index is 1.83. The first-order valence-corrected chi connectivity index (χ1v) is 9.88. The van der Waals surface area contributed by atoms with Crippen molar-refractivity contribution in [2.75, 3.05) is 10.2 Å². The molecule has 4 rings (SSSR count). The number of para-hydroxylation sites is 1. The number of fused-ring (bicyclic) bond motifs is 1. The van der Waals surface area contributed by atoms with E-state index in [2.05, 4.69) is 47.2 Å². The number of halogens is 1. The van der Waals surface area contributed by atoms with Gasteiger partial charge in [0.25, 0.3) is 5.91 Å². The number of rotatable bonds is 3. The standard InChI is InChI=1S/C23H21BrN2O/c1-15(2)16-10-12-19(13-11-16)26-22(17-6-5-7-18(24)14-17)25-21-9-4-3-8-20(21)23(26)27/h3-15,22,25H,1-2H3. The Labute approximate surface area is 168 Å². The average molecular weight is 421 g/mol. The van der Waals surface area contributed by atoms with Crippen LogP contribution in [0.1, 0.15) is 47.4 Å². The molecule has 136 valence electrons. The first kappa shape index (κ1) is 17.8. The number of amides is 1. The Morgan fingerprint density at radius 3 is 2.41 bits per heavy atom. The first-order chi connectivity index (χ1) is 13.0. The van der Waals surface area contributed by atoms with Gasteiger partial charge >= 0.3 is 0 Å². The smallest absolute Gasteiger partial charge is 0.262 e. The minimum atomic E-state index is -0.269. The molecule has 0 fully saturated rings. The van der Waals surface area contributed by atoms with Gasteiger partial charge in [-0.3, -0.25) is 9.69 Å². The fourth-order valence-corrected chi connectivity index (χ4v) is 3.87. The first-order valence-electron chi connectivity index (χ1n) is 9.09. The fraction of sp³-hybridized carbons (Fsp3) is 0.174. The number of benzene rings is 3. The third kappa shape index (κ3) is 3.37. The molecule has 3 nitrogen and oxygen atoms in total. The van der Waals surface area contributed by atoms with E-state index in [0.29, 0.717) is 11.5 Å². The molecule has 1 N–H and O–H groups in total. The summed E-state index contributed by atoms with van der Waals surface area (Å²) in [5.74, 6) is 0.461. The van der Waals surface area contributed by atoms with Crippen molar-refractivity contribution in [1.82, 2.24) is 0 Å². The van der Waals surface area contributed by atoms with E-state index in [9.17, 15) is 4.79 Å². The number of nitrogens with one attached hydrogen (secondary N) is 1. The Morgan fingerprint density at radius 2 is 1.70 bits per heavy atom. The van der Waals surface area contributed by atoms with Gasteiger partial charge in [0.15, 0.2) is 0 Å². The molecule has 3 aromatic rings. The molecule has 0 aromatic heterocycles. The molecule has 27 heavy (non-hydrogen) atoms. The van der Waals surface area contributed by atoms with Crippen LogP contribution >= 0.6 is 15.9 Å². The average Bonchev–Trinajstić information content (AvgIpc) is 2.68. The van der Waals surface area contributed by atoms with E-state index in [1.54, 1.807) is 0 Å². The number of carbonyl (C=O) groups is 1. The lowest BCUT2D eigenvalue weighted by atomic mass is 10.0. The van der Waals surface area contributed by atoms with E-state index >= 15 is 0 Å². The zero-order valence-electron chi connectivity index (χ0n) is 15.3. The molecule has 3 aromatic carbocycles. The molecule has 0 bridgehead atoms. The van der Waals surface area contributed by atoms with E-state index in [1.807, 2.05) is 65.6 Å². The molecule has 0 radical (unpaired) electrons. The summed E-state index contributed by atoms with van der Waals surface area (Å²) >= 11 is 3.55. The Kier molecular flexibility index (Phi) is 4.75. The van der Waals surface area contributed by atoms with Gasteiger partial charge in [0.1, 0.15) is 6.17 Å². The van der Waals surface area contributed by atoms with Crippen molar-refractivity contribution in [3.8, 4) is 0 Å². The molecule has 1 heterocycles. The lowest BCUT2D eigenvalue weighted by Gasteiger charge is -2.38. The highest BCUT2D eigenvalue weighted by Gasteiger charge is 2.34. The molecular formula is C23H21BrN2O. The lowest BCUT2D eigenvalue weighted by molar-refractivity contribution is 0.0975. The third-order valence-electron chi connectivity index (χ3n) is 4.93. The second-order valence-electron chi connectivity index (χ2n) is 7.07. The van der Waals surface area contributed by atoms with E-state index in [0.717, 1.165) is 21.4 Å². The summed E-state index contributed by atoms with van der Waals surface area (Å²) in [7, 11) is 0. The van der Waals surface area contributed by atoms with Gasteiger partial charge < -0.3 is 5.32 Å². The number of carbonyl (C=O) groups excluding carboxylic acids is 1. The second kappa shape index (κ2) is 7.20. The molecule has 0 saturated carbocycles. The van der Waals surface area contributed by atoms with Crippen LogP contribution in [0.4, 0.5) is 11.4 Å². The third-order valence-corrected chi connectivity index (χ3v) is 5.42. The van der Waals surface area contributed by atoms with Gasteiger partial charge in [-0.2, -0.15) is 0 Å². The summed E-state index contributed by atoms with van der Waals surface area (Å²) in [6.45, 7) is 4.34. The minimum Gasteiger partial charge on any atom is -0.360 e. The van der Waals surface area contributed by atoms with Gasteiger partial charge in [-0.05, 0) is 53.4 Å². The molecular weight excluding hydrogens is 400 g/mol. The Bertz CT molecular complexity index is 982. The van der Waals surface area contributed by atoms with E-state index < -0.39 is 0 Å². The number of nitrogens with zero attached hydrogens (tertiary/aromatic N) is 1. The van der Waals surface area contributed by atoms with Gasteiger partial charge in [-0.1, -0.05) is 66.2 Å². The van der Waals surface area contributed by atoms with Crippen LogP contribution in [0.2, 0.25) is 0 Å². The summed E-state index contributed by atoms with van der Waals surface area (Å²) in [6, 6.07) is 24.0. The van der Waals surface area contributed by atoms with Crippen molar-refractivity contribution >= 4 is 33.2 Å². The maximum atomic E-state index is 13.4. The minimum absolute atomic E-state index is 0.00613. The van der Waals surface area contributed by atoms with Crippen molar-refractivity contribution in [3.05, 3.63) is 94.0 Å². The van der Waals surface area contributed by atoms with Crippen molar-refractivity contribution < 1.29 is 4.79 Å². The summed E-state index contributed by atoms with van der Waals surface area (Å²) < 4.78 is 0.989. The maximum Gasteiger partial charge on any atom is 0.262 e. The van der Waals surface area contributed by atoms with Crippen LogP contribution in [-0.2, 0) is 0 Å². The van der Waals surface area contributed by atoms with Crippen LogP contribution < -0.4 is 10.2 Å². The van der Waals surface area contributed by atoms with Crippen LogP contribution in [0.15, 0.2) is 77.3 Å². The van der Waals surface area contributed by atoms with Crippen LogP contribution in [0.3, 0.4) is 0 Å². The van der Waals surface area contributed by atoms with Gasteiger partial charge in [-0.15, -0.1) is 0 Å². The Morgan fingerprint density at radius 1 is 0.963 bits per heavy atom. The lowest BCUT2D eigenvalue weighted by Crippen LogP contribution is -2.43. The molecule has 4 heteroatoms. The van der Waals surface area contributed by atoms with Gasteiger partial charge in [0.05, 0.1) is 5.56 Å². The van der Waals surface area contributed by atoms with Crippen molar-refractivity contribution in [2.45, 2.75) is 25.9 Å². The molecule has 1 unspecified atom stereocenters. The summed E-state index contributed by atoms with van der Waals surface area (Å²) in [5, 5.41) is 3.54. The summed E-state index contributed by atoms with van der Waals surface area (Å²) in [4.78, 5) is 15.2. The van der Waals surface area contributed by atoms with Crippen molar-refractivity contribution in [3.63, 3.8) is 0 Å². The molecule has 1 aliphatic heterocycles. The quantitative estimate of drug-likeness (QED) is 0.535. The molecule has 0 spiro atoms. The largest absolute Gasteiger partial charge is 0.360 e. The van der Waals surface area contributed by atoms with Crippen molar-refractivity contribution in [1.29, 1.82) is 0 Å². The highest BCUT2D eigenvalue weighted by molar-refractivity contribution is 9.10. The molecule has 1 aliphatic rings. The highest BCUT2D eigenvalue weighted by Crippen LogP contribution is 2.37. The predicted octanol–water partition coefficient (Wildman–Crippen LogP) is 6.34. The van der Waals surface area contributed by atoms with Crippen LogP contribution in [-0.4, -0.2) is 5.91 Å². The zero-order chi connectivity index (χ0) is 19.0. The summed E-state index contributed by atoms with van der Waals surface area (Å²) in [6.07, 6.45) is -0.269. The summed E-state index contributed by atoms with van der Waals surface area (Å²) in [5.41, 5.74) is 4.73. The zero-order valence-corrected chi connectivity index (χ0v) is 16.9. The number of anilines is 2. The van der Waals surface area contributed by atoms with E-state index in [1.165, 1.54) is 5.56 Å². The van der Waals surface area contributed by atoms with Gasteiger partial charge in [0.2, 0.25) is 0 Å². The van der Waals surface area contributed by atoms with Crippen LogP contribution in [0.5, 0.6) is 0 Å². The van der Waals surface area contributed by atoms with Crippen LogP contribution in [0, 0.1) is 0 Å². The molecule has 0 aliphatic carbocycles. The monoisotopic (exact) mass is 420 g/mol. The predicted molar refractivity (Wildman–Crippen MR) is 114 cm³/mol. The van der Waals surface area contributed by atoms with E-state index in [-0.39, 0.29) is 12.1 Å². The fourth-order valence-electron chi connectivity index (χ4n) is 3.45. The van der Waals surface area contributed by atoms with Gasteiger partial charge in [0, 0.05) is 15.8 Å². The van der Waals surface area contributed by atoms with Crippen LogP contribution in [0.25, 0.3) is 0 Å². The Hall–Kier alpha value is -2.59. The maximum absolute atomic E-state index is 13.4. The SMILES string of the molecule is CC(C)c1ccc(N2C(=O)c3ccccc3NC2c2cccc(Br)c2)cc1. The molecule has 0 saturated heterocycles. The van der Waals surface area contributed by atoms with Crippen molar-refractivity contribution in [2.24, 2.45) is 0 Å².